The molecule has 0 radical (unpaired) electrons. The Hall–Kier alpha value is -1.11. The summed E-state index contributed by atoms with van der Waals surface area (Å²) >= 11 is 0. The van der Waals surface area contributed by atoms with Crippen LogP contribution in [0.1, 0.15) is 13.3 Å². The van der Waals surface area contributed by atoms with E-state index in [0.717, 1.165) is 17.6 Å². The molecule has 1 rings (SSSR count). The molecule has 1 nitrogen and oxygen atoms in total. The number of ketones is 1. The van der Waals surface area contributed by atoms with E-state index in [4.69, 9.17) is 0 Å². The van der Waals surface area contributed by atoms with Gasteiger partial charge in [-0.05, 0) is 25.0 Å². The first-order valence-electron chi connectivity index (χ1n) is 3.66. The van der Waals surface area contributed by atoms with Gasteiger partial charge in [0.15, 0.2) is 5.78 Å². The molecule has 0 N–H and O–H groups in total. The fraction of sp³-hybridized carbons (Fsp3) is 0.300. The van der Waals surface area contributed by atoms with E-state index in [1.165, 1.54) is 0 Å². The van der Waals surface area contributed by atoms with Crippen LogP contribution >= 0.6 is 0 Å². The lowest BCUT2D eigenvalue weighted by Gasteiger charge is -2.08. The SMILES string of the molecule is C=C(C)CC1C(=C)C=CC1=O. The highest BCUT2D eigenvalue weighted by Gasteiger charge is 2.22. The number of allylic oxidation sites excluding steroid dienone is 4. The van der Waals surface area contributed by atoms with Gasteiger partial charge in [0, 0.05) is 5.92 Å². The van der Waals surface area contributed by atoms with Gasteiger partial charge < -0.3 is 0 Å². The van der Waals surface area contributed by atoms with Crippen LogP contribution in [-0.4, -0.2) is 5.78 Å². The van der Waals surface area contributed by atoms with E-state index < -0.39 is 0 Å². The van der Waals surface area contributed by atoms with Gasteiger partial charge in [-0.3, -0.25) is 4.79 Å². The molecule has 0 spiro atoms. The maximum atomic E-state index is 11.1. The minimum absolute atomic E-state index is 0.0208. The number of carbonyl (C=O) groups excluding carboxylic acids is 1. The fourth-order valence-corrected chi connectivity index (χ4v) is 1.18. The smallest absolute Gasteiger partial charge is 0.163 e. The van der Waals surface area contributed by atoms with Crippen molar-refractivity contribution in [1.82, 2.24) is 0 Å². The van der Waals surface area contributed by atoms with Crippen LogP contribution in [-0.2, 0) is 4.79 Å². The molecule has 0 saturated carbocycles. The highest BCUT2D eigenvalue weighted by atomic mass is 16.1. The molecule has 0 aromatic heterocycles. The average Bonchev–Trinajstić information content (AvgIpc) is 2.18. The summed E-state index contributed by atoms with van der Waals surface area (Å²) in [5, 5.41) is 0. The summed E-state index contributed by atoms with van der Waals surface area (Å²) in [7, 11) is 0. The zero-order valence-corrected chi connectivity index (χ0v) is 6.76. The van der Waals surface area contributed by atoms with Crippen LogP contribution in [0.2, 0.25) is 0 Å². The van der Waals surface area contributed by atoms with Crippen molar-refractivity contribution in [3.05, 3.63) is 36.5 Å². The van der Waals surface area contributed by atoms with Crippen molar-refractivity contribution in [2.75, 3.05) is 0 Å². The van der Waals surface area contributed by atoms with Crippen LogP contribution in [0.15, 0.2) is 36.5 Å². The van der Waals surface area contributed by atoms with Gasteiger partial charge in [0.2, 0.25) is 0 Å². The predicted molar refractivity (Wildman–Crippen MR) is 46.2 cm³/mol. The van der Waals surface area contributed by atoms with Crippen molar-refractivity contribution < 1.29 is 4.79 Å². The van der Waals surface area contributed by atoms with Crippen molar-refractivity contribution >= 4 is 5.78 Å². The summed E-state index contributed by atoms with van der Waals surface area (Å²) in [4.78, 5) is 11.1. The lowest BCUT2D eigenvalue weighted by molar-refractivity contribution is -0.116. The maximum Gasteiger partial charge on any atom is 0.163 e. The van der Waals surface area contributed by atoms with E-state index in [0.29, 0.717) is 0 Å². The van der Waals surface area contributed by atoms with Crippen LogP contribution in [0.4, 0.5) is 0 Å². The standard InChI is InChI=1S/C10H12O/c1-7(2)6-9-8(3)4-5-10(9)11/h4-5,9H,1,3,6H2,2H3. The highest BCUT2D eigenvalue weighted by Crippen LogP contribution is 2.25. The third kappa shape index (κ3) is 1.67. The molecule has 58 valence electrons. The zero-order chi connectivity index (χ0) is 8.43. The highest BCUT2D eigenvalue weighted by molar-refractivity contribution is 5.98. The van der Waals surface area contributed by atoms with Crippen LogP contribution in [0.5, 0.6) is 0 Å². The third-order valence-electron chi connectivity index (χ3n) is 1.81. The maximum absolute atomic E-state index is 11.1. The number of rotatable bonds is 2. The molecule has 0 bridgehead atoms. The minimum atomic E-state index is -0.0208. The molecular weight excluding hydrogens is 136 g/mol. The Balaban J connectivity index is 2.66. The molecule has 0 heterocycles. The van der Waals surface area contributed by atoms with Gasteiger partial charge in [-0.1, -0.05) is 18.2 Å². The van der Waals surface area contributed by atoms with Gasteiger partial charge in [-0.15, -0.1) is 6.58 Å². The monoisotopic (exact) mass is 148 g/mol. The molecule has 1 unspecified atom stereocenters. The van der Waals surface area contributed by atoms with Crippen molar-refractivity contribution in [3.63, 3.8) is 0 Å². The second-order valence-corrected chi connectivity index (χ2v) is 3.02. The first-order valence-corrected chi connectivity index (χ1v) is 3.66. The van der Waals surface area contributed by atoms with E-state index in [2.05, 4.69) is 13.2 Å². The quantitative estimate of drug-likeness (QED) is 0.549. The van der Waals surface area contributed by atoms with Crippen LogP contribution in [0, 0.1) is 5.92 Å². The molecule has 0 fully saturated rings. The van der Waals surface area contributed by atoms with E-state index in [-0.39, 0.29) is 11.7 Å². The predicted octanol–water partition coefficient (Wildman–Crippen LogP) is 2.26. The van der Waals surface area contributed by atoms with Crippen LogP contribution < -0.4 is 0 Å². The summed E-state index contributed by atoms with van der Waals surface area (Å²) in [6.45, 7) is 9.49. The second kappa shape index (κ2) is 2.87. The topological polar surface area (TPSA) is 17.1 Å². The average molecular weight is 148 g/mol. The Bertz CT molecular complexity index is 228. The molecular formula is C10H12O. The molecule has 0 aromatic carbocycles. The van der Waals surface area contributed by atoms with Crippen LogP contribution in [0.25, 0.3) is 0 Å². The molecule has 0 aromatic rings. The molecule has 0 saturated heterocycles. The summed E-state index contributed by atoms with van der Waals surface area (Å²) in [6, 6.07) is 0. The van der Waals surface area contributed by atoms with Gasteiger partial charge in [-0.25, -0.2) is 0 Å². The number of hydrogen-bond donors (Lipinski definition) is 0. The molecule has 0 aliphatic heterocycles. The van der Waals surface area contributed by atoms with E-state index in [1.54, 1.807) is 12.2 Å². The molecule has 1 heteroatoms. The second-order valence-electron chi connectivity index (χ2n) is 3.02. The lowest BCUT2D eigenvalue weighted by atomic mass is 9.95. The Labute approximate surface area is 67.1 Å². The van der Waals surface area contributed by atoms with Crippen molar-refractivity contribution in [3.8, 4) is 0 Å². The fourth-order valence-electron chi connectivity index (χ4n) is 1.18. The van der Waals surface area contributed by atoms with Gasteiger partial charge >= 0.3 is 0 Å². The Morgan fingerprint density at radius 2 is 2.27 bits per heavy atom. The van der Waals surface area contributed by atoms with E-state index in [1.807, 2.05) is 6.92 Å². The van der Waals surface area contributed by atoms with Gasteiger partial charge in [-0.2, -0.15) is 0 Å². The van der Waals surface area contributed by atoms with Gasteiger partial charge in [0.1, 0.15) is 0 Å². The van der Waals surface area contributed by atoms with Gasteiger partial charge in [0.25, 0.3) is 0 Å². The Kier molecular flexibility index (Phi) is 2.08. The summed E-state index contributed by atoms with van der Waals surface area (Å²) in [5.74, 6) is 0.144. The van der Waals surface area contributed by atoms with E-state index >= 15 is 0 Å². The minimum Gasteiger partial charge on any atom is -0.294 e. The zero-order valence-electron chi connectivity index (χ0n) is 6.76. The van der Waals surface area contributed by atoms with E-state index in [9.17, 15) is 4.79 Å². The van der Waals surface area contributed by atoms with Crippen LogP contribution in [0.3, 0.4) is 0 Å². The molecule has 0 amide bonds. The Morgan fingerprint density at radius 3 is 2.64 bits per heavy atom. The van der Waals surface area contributed by atoms with Gasteiger partial charge in [0.05, 0.1) is 0 Å². The summed E-state index contributed by atoms with van der Waals surface area (Å²) in [5.41, 5.74) is 1.95. The van der Waals surface area contributed by atoms with Crippen molar-refractivity contribution in [2.24, 2.45) is 5.92 Å². The largest absolute Gasteiger partial charge is 0.294 e. The van der Waals surface area contributed by atoms with Crippen molar-refractivity contribution in [1.29, 1.82) is 0 Å². The normalized spacial score (nSPS) is 22.8. The first-order chi connectivity index (χ1) is 5.11. The molecule has 1 aliphatic rings. The summed E-state index contributed by atoms with van der Waals surface area (Å²) < 4.78 is 0. The molecule has 1 atom stereocenters. The number of hydrogen-bond acceptors (Lipinski definition) is 1. The summed E-state index contributed by atoms with van der Waals surface area (Å²) in [6.07, 6.45) is 4.12. The number of carbonyl (C=O) groups is 1. The third-order valence-corrected chi connectivity index (χ3v) is 1.81. The molecule has 11 heavy (non-hydrogen) atoms. The Morgan fingerprint density at radius 1 is 1.64 bits per heavy atom. The first kappa shape index (κ1) is 7.99. The van der Waals surface area contributed by atoms with Crippen molar-refractivity contribution in [2.45, 2.75) is 13.3 Å². The lowest BCUT2D eigenvalue weighted by Crippen LogP contribution is -2.08. The molecule has 1 aliphatic carbocycles.